The van der Waals surface area contributed by atoms with E-state index in [1.54, 1.807) is 0 Å². The Morgan fingerprint density at radius 2 is 2.00 bits per heavy atom. The van der Waals surface area contributed by atoms with Crippen LogP contribution in [-0.4, -0.2) is 55.7 Å². The van der Waals surface area contributed by atoms with Gasteiger partial charge in [-0.15, -0.1) is 0 Å². The predicted molar refractivity (Wildman–Crippen MR) is 72.6 cm³/mol. The zero-order chi connectivity index (χ0) is 12.4. The summed E-state index contributed by atoms with van der Waals surface area (Å²) in [5.41, 5.74) is 1.44. The van der Waals surface area contributed by atoms with E-state index in [0.717, 1.165) is 26.3 Å². The minimum Gasteiger partial charge on any atom is -0.380 e. The van der Waals surface area contributed by atoms with Gasteiger partial charge in [0.05, 0.1) is 6.61 Å². The topological polar surface area (TPSA) is 15.7 Å². The number of piperazine rings is 1. The summed E-state index contributed by atoms with van der Waals surface area (Å²) in [6, 6.07) is 12.0. The number of nitrogens with zero attached hydrogens (tertiary/aromatic N) is 2. The fourth-order valence-electron chi connectivity index (χ4n) is 3.13. The van der Waals surface area contributed by atoms with Crippen LogP contribution in [0, 0.1) is 0 Å². The maximum atomic E-state index is 5.57. The lowest BCUT2D eigenvalue weighted by molar-refractivity contribution is 0.0447. The molecule has 2 fully saturated rings. The molecule has 0 spiro atoms. The fourth-order valence-corrected chi connectivity index (χ4v) is 3.13. The summed E-state index contributed by atoms with van der Waals surface area (Å²) >= 11 is 0. The van der Waals surface area contributed by atoms with Crippen molar-refractivity contribution in [3.05, 3.63) is 35.9 Å². The summed E-state index contributed by atoms with van der Waals surface area (Å²) in [4.78, 5) is 5.09. The average Bonchev–Trinajstić information content (AvgIpc) is 2.93. The van der Waals surface area contributed by atoms with Gasteiger partial charge in [-0.2, -0.15) is 0 Å². The molecule has 3 nitrogen and oxygen atoms in total. The number of ether oxygens (including phenoxy) is 1. The van der Waals surface area contributed by atoms with Crippen LogP contribution in [-0.2, 0) is 4.74 Å². The Morgan fingerprint density at radius 1 is 1.17 bits per heavy atom. The van der Waals surface area contributed by atoms with Gasteiger partial charge < -0.3 is 9.64 Å². The van der Waals surface area contributed by atoms with Crippen LogP contribution >= 0.6 is 0 Å². The third kappa shape index (κ3) is 2.44. The van der Waals surface area contributed by atoms with Gasteiger partial charge in [-0.3, -0.25) is 4.90 Å². The Balaban J connectivity index is 1.82. The minimum atomic E-state index is 0.525. The summed E-state index contributed by atoms with van der Waals surface area (Å²) in [6.07, 6.45) is 1.19. The second-order valence-corrected chi connectivity index (χ2v) is 5.44. The molecule has 2 unspecified atom stereocenters. The SMILES string of the molecule is CN1CCN(C2CCOC2)C(c2ccccc2)C1. The molecule has 0 radical (unpaired) electrons. The summed E-state index contributed by atoms with van der Waals surface area (Å²) in [6.45, 7) is 5.29. The van der Waals surface area contributed by atoms with Gasteiger partial charge in [0.1, 0.15) is 0 Å². The van der Waals surface area contributed by atoms with Crippen molar-refractivity contribution in [2.75, 3.05) is 39.9 Å². The number of likely N-dealkylation sites (N-methyl/N-ethyl adjacent to an activating group) is 1. The van der Waals surface area contributed by atoms with Crippen molar-refractivity contribution >= 4 is 0 Å². The summed E-state index contributed by atoms with van der Waals surface area (Å²) < 4.78 is 5.57. The van der Waals surface area contributed by atoms with Crippen LogP contribution in [0.3, 0.4) is 0 Å². The van der Waals surface area contributed by atoms with E-state index in [4.69, 9.17) is 4.74 Å². The van der Waals surface area contributed by atoms with Crippen LogP contribution in [0.25, 0.3) is 0 Å². The lowest BCUT2D eigenvalue weighted by atomic mass is 10.00. The standard InChI is InChI=1S/C15H22N2O/c1-16-8-9-17(14-7-10-18-12-14)15(11-16)13-5-3-2-4-6-13/h2-6,14-15H,7-12H2,1H3. The molecule has 2 saturated heterocycles. The number of benzene rings is 1. The van der Waals surface area contributed by atoms with E-state index in [-0.39, 0.29) is 0 Å². The Kier molecular flexibility index (Phi) is 3.64. The van der Waals surface area contributed by atoms with Crippen LogP contribution < -0.4 is 0 Å². The highest BCUT2D eigenvalue weighted by Gasteiger charge is 2.33. The van der Waals surface area contributed by atoms with E-state index in [1.807, 2.05) is 0 Å². The molecular weight excluding hydrogens is 224 g/mol. The number of hydrogen-bond donors (Lipinski definition) is 0. The highest BCUT2D eigenvalue weighted by atomic mass is 16.5. The van der Waals surface area contributed by atoms with E-state index in [1.165, 1.54) is 18.5 Å². The molecule has 3 rings (SSSR count). The van der Waals surface area contributed by atoms with Crippen molar-refractivity contribution in [3.8, 4) is 0 Å². The van der Waals surface area contributed by atoms with Gasteiger partial charge in [0.25, 0.3) is 0 Å². The zero-order valence-electron chi connectivity index (χ0n) is 11.1. The first-order valence-electron chi connectivity index (χ1n) is 6.91. The fraction of sp³-hybridized carbons (Fsp3) is 0.600. The van der Waals surface area contributed by atoms with Gasteiger partial charge in [-0.1, -0.05) is 30.3 Å². The largest absolute Gasteiger partial charge is 0.380 e. The maximum absolute atomic E-state index is 5.57. The second kappa shape index (κ2) is 5.39. The number of hydrogen-bond acceptors (Lipinski definition) is 3. The van der Waals surface area contributed by atoms with Gasteiger partial charge in [0, 0.05) is 38.3 Å². The van der Waals surface area contributed by atoms with Crippen molar-refractivity contribution in [1.29, 1.82) is 0 Å². The normalized spacial score (nSPS) is 30.7. The van der Waals surface area contributed by atoms with E-state index in [2.05, 4.69) is 47.2 Å². The minimum absolute atomic E-state index is 0.525. The zero-order valence-corrected chi connectivity index (χ0v) is 11.1. The third-order valence-electron chi connectivity index (χ3n) is 4.18. The molecule has 2 heterocycles. The first kappa shape index (κ1) is 12.2. The summed E-state index contributed by atoms with van der Waals surface area (Å²) in [7, 11) is 2.22. The van der Waals surface area contributed by atoms with Gasteiger partial charge in [-0.05, 0) is 19.0 Å². The van der Waals surface area contributed by atoms with Crippen molar-refractivity contribution in [2.24, 2.45) is 0 Å². The molecule has 1 aromatic carbocycles. The first-order chi connectivity index (χ1) is 8.84. The molecule has 0 N–H and O–H groups in total. The van der Waals surface area contributed by atoms with Crippen LogP contribution in [0.2, 0.25) is 0 Å². The van der Waals surface area contributed by atoms with Gasteiger partial charge in [0.15, 0.2) is 0 Å². The van der Waals surface area contributed by atoms with Crippen LogP contribution in [0.4, 0.5) is 0 Å². The molecule has 3 heteroatoms. The highest BCUT2D eigenvalue weighted by molar-refractivity contribution is 5.20. The first-order valence-corrected chi connectivity index (χ1v) is 6.91. The van der Waals surface area contributed by atoms with Crippen molar-refractivity contribution in [3.63, 3.8) is 0 Å². The molecule has 1 aromatic rings. The molecule has 2 aliphatic heterocycles. The number of rotatable bonds is 2. The highest BCUT2D eigenvalue weighted by Crippen LogP contribution is 2.29. The van der Waals surface area contributed by atoms with Gasteiger partial charge in [0.2, 0.25) is 0 Å². The van der Waals surface area contributed by atoms with Crippen LogP contribution in [0.5, 0.6) is 0 Å². The third-order valence-corrected chi connectivity index (χ3v) is 4.18. The molecule has 0 saturated carbocycles. The van der Waals surface area contributed by atoms with Gasteiger partial charge in [-0.25, -0.2) is 0 Å². The summed E-state index contributed by atoms with van der Waals surface area (Å²) in [5, 5.41) is 0. The maximum Gasteiger partial charge on any atom is 0.0622 e. The van der Waals surface area contributed by atoms with E-state index < -0.39 is 0 Å². The Bertz CT molecular complexity index is 375. The smallest absolute Gasteiger partial charge is 0.0622 e. The summed E-state index contributed by atoms with van der Waals surface area (Å²) in [5.74, 6) is 0. The Morgan fingerprint density at radius 3 is 2.72 bits per heavy atom. The molecule has 2 aliphatic rings. The lowest BCUT2D eigenvalue weighted by Gasteiger charge is -2.43. The average molecular weight is 246 g/mol. The van der Waals surface area contributed by atoms with E-state index in [0.29, 0.717) is 12.1 Å². The van der Waals surface area contributed by atoms with Crippen molar-refractivity contribution in [2.45, 2.75) is 18.5 Å². The second-order valence-electron chi connectivity index (χ2n) is 5.44. The van der Waals surface area contributed by atoms with Crippen molar-refractivity contribution in [1.82, 2.24) is 9.80 Å². The van der Waals surface area contributed by atoms with Crippen LogP contribution in [0.15, 0.2) is 30.3 Å². The molecule has 0 amide bonds. The quantitative estimate of drug-likeness (QED) is 0.791. The predicted octanol–water partition coefficient (Wildman–Crippen LogP) is 1.76. The van der Waals surface area contributed by atoms with E-state index >= 15 is 0 Å². The molecule has 0 aromatic heterocycles. The molecule has 0 aliphatic carbocycles. The molecule has 0 bridgehead atoms. The monoisotopic (exact) mass is 246 g/mol. The molecule has 98 valence electrons. The van der Waals surface area contributed by atoms with Crippen molar-refractivity contribution < 1.29 is 4.74 Å². The lowest BCUT2D eigenvalue weighted by Crippen LogP contribution is -2.51. The molecular formula is C15H22N2O. The molecule has 2 atom stereocenters. The Labute approximate surface area is 109 Å². The Hall–Kier alpha value is -0.900. The molecule has 18 heavy (non-hydrogen) atoms. The van der Waals surface area contributed by atoms with E-state index in [9.17, 15) is 0 Å². The van der Waals surface area contributed by atoms with Crippen LogP contribution in [0.1, 0.15) is 18.0 Å². The van der Waals surface area contributed by atoms with Gasteiger partial charge >= 0.3 is 0 Å².